The Balaban J connectivity index is 1.47. The number of ketones is 1. The van der Waals surface area contributed by atoms with Crippen LogP contribution in [-0.2, 0) is 9.53 Å². The number of ether oxygens (including phenoxy) is 1. The topological polar surface area (TPSA) is 56.3 Å². The number of esters is 1. The van der Waals surface area contributed by atoms with Crippen molar-refractivity contribution in [2.75, 3.05) is 6.61 Å². The van der Waals surface area contributed by atoms with E-state index >= 15 is 0 Å². The highest BCUT2D eigenvalue weighted by molar-refractivity contribution is 7.18. The molecule has 1 aromatic heterocycles. The molecule has 0 N–H and O–H groups in total. The van der Waals surface area contributed by atoms with E-state index in [1.807, 2.05) is 24.3 Å². The monoisotopic (exact) mass is 379 g/mol. The summed E-state index contributed by atoms with van der Waals surface area (Å²) in [4.78, 5) is 29.7. The summed E-state index contributed by atoms with van der Waals surface area (Å²) in [6.07, 6.45) is 3.83. The molecule has 1 aliphatic carbocycles. The molecule has 1 fully saturated rings. The maximum atomic E-state index is 12.7. The lowest BCUT2D eigenvalue weighted by Crippen LogP contribution is -2.29. The van der Waals surface area contributed by atoms with Crippen molar-refractivity contribution in [3.05, 3.63) is 65.2 Å². The lowest BCUT2D eigenvalue weighted by Gasteiger charge is -2.28. The summed E-state index contributed by atoms with van der Waals surface area (Å²) in [5.74, 6) is -0.585. The van der Waals surface area contributed by atoms with Gasteiger partial charge < -0.3 is 4.74 Å². The maximum absolute atomic E-state index is 12.7. The first kappa shape index (κ1) is 17.9. The standard InChI is InChI=1S/C22H21NO3S/c24-19(15-8-2-1-3-9-15)14-26-22(25)17-11-5-4-10-16(17)21-23-18-12-6-7-13-20(18)27-21/h1-3,6-9,12-13,16-17H,4-5,10-11,14H2/t16-,17-/m1/s1. The van der Waals surface area contributed by atoms with Gasteiger partial charge in [-0.25, -0.2) is 4.98 Å². The average Bonchev–Trinajstić information content (AvgIpc) is 3.16. The number of hydrogen-bond donors (Lipinski definition) is 0. The zero-order chi connectivity index (χ0) is 18.6. The van der Waals surface area contributed by atoms with Crippen LogP contribution < -0.4 is 0 Å². The minimum Gasteiger partial charge on any atom is -0.457 e. The third-order valence-electron chi connectivity index (χ3n) is 5.14. The Morgan fingerprint density at radius 2 is 1.74 bits per heavy atom. The predicted molar refractivity (Wildman–Crippen MR) is 106 cm³/mol. The van der Waals surface area contributed by atoms with Gasteiger partial charge in [0.1, 0.15) is 0 Å². The van der Waals surface area contributed by atoms with Crippen molar-refractivity contribution in [2.45, 2.75) is 31.6 Å². The highest BCUT2D eigenvalue weighted by Crippen LogP contribution is 2.41. The molecular formula is C22H21NO3S. The summed E-state index contributed by atoms with van der Waals surface area (Å²) in [7, 11) is 0. The number of nitrogens with zero attached hydrogens (tertiary/aromatic N) is 1. The average molecular weight is 379 g/mol. The Morgan fingerprint density at radius 1 is 1.00 bits per heavy atom. The number of thiazole rings is 1. The van der Waals surface area contributed by atoms with Gasteiger partial charge in [-0.1, -0.05) is 55.3 Å². The minimum absolute atomic E-state index is 0.0791. The van der Waals surface area contributed by atoms with E-state index in [0.717, 1.165) is 40.9 Å². The number of benzene rings is 2. The number of rotatable bonds is 5. The molecule has 0 bridgehead atoms. The molecule has 0 spiro atoms. The van der Waals surface area contributed by atoms with Crippen LogP contribution in [0.3, 0.4) is 0 Å². The highest BCUT2D eigenvalue weighted by atomic mass is 32.1. The van der Waals surface area contributed by atoms with Crippen LogP contribution in [-0.4, -0.2) is 23.3 Å². The predicted octanol–water partition coefficient (Wildman–Crippen LogP) is 5.00. The summed E-state index contributed by atoms with van der Waals surface area (Å²) in [6, 6.07) is 17.0. The van der Waals surface area contributed by atoms with Crippen molar-refractivity contribution in [2.24, 2.45) is 5.92 Å². The lowest BCUT2D eigenvalue weighted by molar-refractivity contribution is -0.149. The molecule has 2 aromatic carbocycles. The molecule has 4 nitrogen and oxygen atoms in total. The number of carbonyl (C=O) groups is 2. The summed E-state index contributed by atoms with van der Waals surface area (Å²) in [5, 5.41) is 1.01. The minimum atomic E-state index is -0.275. The first-order valence-corrected chi connectivity index (χ1v) is 10.1. The van der Waals surface area contributed by atoms with Gasteiger partial charge in [-0.05, 0) is 25.0 Å². The molecule has 4 rings (SSSR count). The van der Waals surface area contributed by atoms with E-state index in [0.29, 0.717) is 5.56 Å². The first-order chi connectivity index (χ1) is 13.2. The molecule has 27 heavy (non-hydrogen) atoms. The Bertz CT molecular complexity index is 917. The SMILES string of the molecule is O=C(COC(=O)[C@@H]1CCCC[C@H]1c1nc2ccccc2s1)c1ccccc1. The third-order valence-corrected chi connectivity index (χ3v) is 6.31. The fourth-order valence-corrected chi connectivity index (χ4v) is 4.88. The summed E-state index contributed by atoms with van der Waals surface area (Å²) in [5.41, 5.74) is 1.55. The molecule has 1 saturated carbocycles. The number of fused-ring (bicyclic) bond motifs is 1. The lowest BCUT2D eigenvalue weighted by atomic mass is 9.79. The first-order valence-electron chi connectivity index (χ1n) is 9.33. The van der Waals surface area contributed by atoms with E-state index in [2.05, 4.69) is 6.07 Å². The molecule has 0 unspecified atom stereocenters. The Labute approximate surface area is 162 Å². The summed E-state index contributed by atoms with van der Waals surface area (Å²) >= 11 is 1.66. The summed E-state index contributed by atoms with van der Waals surface area (Å²) in [6.45, 7) is -0.202. The molecule has 2 atom stereocenters. The van der Waals surface area contributed by atoms with E-state index < -0.39 is 0 Å². The van der Waals surface area contributed by atoms with Gasteiger partial charge in [-0.15, -0.1) is 11.3 Å². The van der Waals surface area contributed by atoms with Crippen molar-refractivity contribution >= 4 is 33.3 Å². The zero-order valence-corrected chi connectivity index (χ0v) is 15.8. The van der Waals surface area contributed by atoms with Crippen LogP contribution in [0.5, 0.6) is 0 Å². The number of para-hydroxylation sites is 1. The maximum Gasteiger partial charge on any atom is 0.310 e. The number of Topliss-reactive ketones (excluding diaryl/α,β-unsaturated/α-hetero) is 1. The molecule has 1 heterocycles. The number of aromatic nitrogens is 1. The number of hydrogen-bond acceptors (Lipinski definition) is 5. The van der Waals surface area contributed by atoms with Crippen molar-refractivity contribution in [3.63, 3.8) is 0 Å². The second kappa shape index (κ2) is 8.01. The molecule has 0 saturated heterocycles. The smallest absolute Gasteiger partial charge is 0.310 e. The van der Waals surface area contributed by atoms with Gasteiger partial charge in [0.25, 0.3) is 0 Å². The van der Waals surface area contributed by atoms with Gasteiger partial charge in [0.2, 0.25) is 0 Å². The van der Waals surface area contributed by atoms with Crippen molar-refractivity contribution in [1.29, 1.82) is 0 Å². The number of carbonyl (C=O) groups excluding carboxylic acids is 2. The van der Waals surface area contributed by atoms with Crippen molar-refractivity contribution < 1.29 is 14.3 Å². The van der Waals surface area contributed by atoms with E-state index in [1.165, 1.54) is 0 Å². The van der Waals surface area contributed by atoms with Gasteiger partial charge in [0.15, 0.2) is 12.4 Å². The third kappa shape index (κ3) is 3.93. The van der Waals surface area contributed by atoms with Gasteiger partial charge >= 0.3 is 5.97 Å². The molecule has 138 valence electrons. The van der Waals surface area contributed by atoms with Crippen LogP contribution in [0, 0.1) is 5.92 Å². The Morgan fingerprint density at radius 3 is 2.56 bits per heavy atom. The normalized spacial score (nSPS) is 19.7. The van der Waals surface area contributed by atoms with Crippen LogP contribution in [0.2, 0.25) is 0 Å². The van der Waals surface area contributed by atoms with Crippen molar-refractivity contribution in [3.8, 4) is 0 Å². The second-order valence-corrected chi connectivity index (χ2v) is 7.98. The molecule has 3 aromatic rings. The second-order valence-electron chi connectivity index (χ2n) is 6.91. The molecule has 5 heteroatoms. The van der Waals surface area contributed by atoms with E-state index in [-0.39, 0.29) is 30.2 Å². The quantitative estimate of drug-likeness (QED) is 0.463. The van der Waals surface area contributed by atoms with Crippen LogP contribution in [0.25, 0.3) is 10.2 Å². The van der Waals surface area contributed by atoms with Crippen LogP contribution in [0.1, 0.15) is 47.0 Å². The molecule has 0 aliphatic heterocycles. The Hall–Kier alpha value is -2.53. The van der Waals surface area contributed by atoms with E-state index in [9.17, 15) is 9.59 Å². The van der Waals surface area contributed by atoms with Crippen LogP contribution in [0.15, 0.2) is 54.6 Å². The Kier molecular flexibility index (Phi) is 5.30. The highest BCUT2D eigenvalue weighted by Gasteiger charge is 2.35. The van der Waals surface area contributed by atoms with Gasteiger partial charge in [-0.3, -0.25) is 9.59 Å². The zero-order valence-electron chi connectivity index (χ0n) is 15.0. The summed E-state index contributed by atoms with van der Waals surface area (Å²) < 4.78 is 6.55. The molecular weight excluding hydrogens is 358 g/mol. The van der Waals surface area contributed by atoms with E-state index in [4.69, 9.17) is 9.72 Å². The molecule has 0 amide bonds. The van der Waals surface area contributed by atoms with Crippen LogP contribution in [0.4, 0.5) is 0 Å². The van der Waals surface area contributed by atoms with Gasteiger partial charge in [-0.2, -0.15) is 0 Å². The fourth-order valence-electron chi connectivity index (χ4n) is 3.71. The fraction of sp³-hybridized carbons (Fsp3) is 0.318. The van der Waals surface area contributed by atoms with E-state index in [1.54, 1.807) is 35.6 Å². The van der Waals surface area contributed by atoms with Crippen molar-refractivity contribution in [1.82, 2.24) is 4.98 Å². The molecule has 0 radical (unpaired) electrons. The van der Waals surface area contributed by atoms with Crippen LogP contribution >= 0.6 is 11.3 Å². The molecule has 1 aliphatic rings. The van der Waals surface area contributed by atoms with Gasteiger partial charge in [0, 0.05) is 11.5 Å². The largest absolute Gasteiger partial charge is 0.457 e. The van der Waals surface area contributed by atoms with Gasteiger partial charge in [0.05, 0.1) is 21.1 Å².